The fourth-order valence-corrected chi connectivity index (χ4v) is 1.35. The van der Waals surface area contributed by atoms with E-state index < -0.39 is 0 Å². The lowest BCUT2D eigenvalue weighted by Gasteiger charge is -2.07. The van der Waals surface area contributed by atoms with Gasteiger partial charge in [0.05, 0.1) is 6.26 Å². The molecule has 0 aliphatic heterocycles. The summed E-state index contributed by atoms with van der Waals surface area (Å²) >= 11 is 0. The molecule has 1 aliphatic carbocycles. The second-order valence-corrected chi connectivity index (χ2v) is 3.41. The van der Waals surface area contributed by atoms with Crippen molar-refractivity contribution >= 4 is 0 Å². The number of rotatable bonds is 3. The van der Waals surface area contributed by atoms with Gasteiger partial charge in [0.1, 0.15) is 5.76 Å². The highest BCUT2D eigenvalue weighted by Crippen LogP contribution is 2.47. The number of aliphatic hydroxyl groups excluding tert-OH is 1. The predicted molar refractivity (Wildman–Crippen MR) is 41.2 cm³/mol. The van der Waals surface area contributed by atoms with Gasteiger partial charge in [-0.1, -0.05) is 0 Å². The monoisotopic (exact) mass is 152 g/mol. The van der Waals surface area contributed by atoms with Gasteiger partial charge in [-0.05, 0) is 25.0 Å². The Bertz CT molecular complexity index is 222. The Labute approximate surface area is 65.8 Å². The standard InChI is InChI=1S/C9H12O2/c10-7-9(3-4-9)6-8-2-1-5-11-8/h1-2,5,10H,3-4,6-7H2. The molecule has 1 heterocycles. The highest BCUT2D eigenvalue weighted by atomic mass is 16.3. The number of aliphatic hydroxyl groups is 1. The molecular formula is C9H12O2. The molecular weight excluding hydrogens is 140 g/mol. The van der Waals surface area contributed by atoms with Crippen LogP contribution in [0.15, 0.2) is 22.8 Å². The summed E-state index contributed by atoms with van der Waals surface area (Å²) in [5, 5.41) is 9.01. The summed E-state index contributed by atoms with van der Waals surface area (Å²) in [5.41, 5.74) is 0.178. The Balaban J connectivity index is 2.01. The predicted octanol–water partition coefficient (Wildman–Crippen LogP) is 1.59. The summed E-state index contributed by atoms with van der Waals surface area (Å²) in [7, 11) is 0. The van der Waals surface area contributed by atoms with Crippen molar-refractivity contribution in [1.82, 2.24) is 0 Å². The summed E-state index contributed by atoms with van der Waals surface area (Å²) < 4.78 is 5.20. The van der Waals surface area contributed by atoms with E-state index in [4.69, 9.17) is 9.52 Å². The molecule has 0 atom stereocenters. The van der Waals surface area contributed by atoms with Crippen LogP contribution in [0.5, 0.6) is 0 Å². The zero-order valence-corrected chi connectivity index (χ0v) is 6.42. The summed E-state index contributed by atoms with van der Waals surface area (Å²) in [6, 6.07) is 3.86. The maximum absolute atomic E-state index is 9.01. The van der Waals surface area contributed by atoms with Crippen molar-refractivity contribution in [3.05, 3.63) is 24.2 Å². The van der Waals surface area contributed by atoms with Gasteiger partial charge in [0.15, 0.2) is 0 Å². The molecule has 2 heteroatoms. The van der Waals surface area contributed by atoms with Crippen LogP contribution in [0.4, 0.5) is 0 Å². The van der Waals surface area contributed by atoms with Gasteiger partial charge in [-0.25, -0.2) is 0 Å². The van der Waals surface area contributed by atoms with E-state index in [-0.39, 0.29) is 5.41 Å². The van der Waals surface area contributed by atoms with Gasteiger partial charge in [-0.2, -0.15) is 0 Å². The van der Waals surface area contributed by atoms with Gasteiger partial charge in [-0.15, -0.1) is 0 Å². The Hall–Kier alpha value is -0.760. The third-order valence-corrected chi connectivity index (χ3v) is 2.42. The third kappa shape index (κ3) is 1.31. The van der Waals surface area contributed by atoms with E-state index in [2.05, 4.69) is 0 Å². The van der Waals surface area contributed by atoms with Crippen molar-refractivity contribution in [3.8, 4) is 0 Å². The molecule has 0 bridgehead atoms. The minimum Gasteiger partial charge on any atom is -0.469 e. The van der Waals surface area contributed by atoms with Crippen molar-refractivity contribution in [2.45, 2.75) is 19.3 Å². The van der Waals surface area contributed by atoms with Gasteiger partial charge in [0.2, 0.25) is 0 Å². The van der Waals surface area contributed by atoms with Gasteiger partial charge < -0.3 is 9.52 Å². The third-order valence-electron chi connectivity index (χ3n) is 2.42. The van der Waals surface area contributed by atoms with Gasteiger partial charge in [0, 0.05) is 18.4 Å². The van der Waals surface area contributed by atoms with E-state index in [0.717, 1.165) is 25.0 Å². The first-order valence-electron chi connectivity index (χ1n) is 3.98. The normalized spacial score (nSPS) is 20.1. The number of hydrogen-bond donors (Lipinski definition) is 1. The van der Waals surface area contributed by atoms with Crippen LogP contribution < -0.4 is 0 Å². The van der Waals surface area contributed by atoms with Crippen LogP contribution in [0.25, 0.3) is 0 Å². The molecule has 0 radical (unpaired) electrons. The Morgan fingerprint density at radius 2 is 2.36 bits per heavy atom. The maximum atomic E-state index is 9.01. The molecule has 1 aliphatic rings. The van der Waals surface area contributed by atoms with Crippen LogP contribution >= 0.6 is 0 Å². The second-order valence-electron chi connectivity index (χ2n) is 3.41. The van der Waals surface area contributed by atoms with E-state index >= 15 is 0 Å². The molecule has 1 aromatic rings. The van der Waals surface area contributed by atoms with Crippen molar-refractivity contribution < 1.29 is 9.52 Å². The summed E-state index contributed by atoms with van der Waals surface area (Å²) in [6.07, 6.45) is 4.87. The largest absolute Gasteiger partial charge is 0.469 e. The Kier molecular flexibility index (Phi) is 1.50. The molecule has 0 spiro atoms. The van der Waals surface area contributed by atoms with E-state index in [1.165, 1.54) is 0 Å². The van der Waals surface area contributed by atoms with E-state index in [1.807, 2.05) is 12.1 Å². The molecule has 2 rings (SSSR count). The van der Waals surface area contributed by atoms with Crippen LogP contribution in [0.3, 0.4) is 0 Å². The highest BCUT2D eigenvalue weighted by molar-refractivity contribution is 5.06. The van der Waals surface area contributed by atoms with Crippen molar-refractivity contribution in [2.24, 2.45) is 5.41 Å². The van der Waals surface area contributed by atoms with Crippen molar-refractivity contribution in [2.75, 3.05) is 6.61 Å². The van der Waals surface area contributed by atoms with Gasteiger partial charge in [-0.3, -0.25) is 0 Å². The molecule has 1 N–H and O–H groups in total. The van der Waals surface area contributed by atoms with Crippen LogP contribution in [-0.4, -0.2) is 11.7 Å². The zero-order chi connectivity index (χ0) is 7.73. The van der Waals surface area contributed by atoms with E-state index in [0.29, 0.717) is 6.61 Å². The Morgan fingerprint density at radius 3 is 2.82 bits per heavy atom. The molecule has 60 valence electrons. The van der Waals surface area contributed by atoms with Crippen LogP contribution in [0, 0.1) is 5.41 Å². The molecule has 11 heavy (non-hydrogen) atoms. The lowest BCUT2D eigenvalue weighted by atomic mass is 10.0. The lowest BCUT2D eigenvalue weighted by Crippen LogP contribution is -2.09. The first kappa shape index (κ1) is 6.92. The summed E-state index contributed by atoms with van der Waals surface area (Å²) in [6.45, 7) is 0.299. The molecule has 0 saturated heterocycles. The number of hydrogen-bond acceptors (Lipinski definition) is 2. The fourth-order valence-electron chi connectivity index (χ4n) is 1.35. The Morgan fingerprint density at radius 1 is 1.55 bits per heavy atom. The molecule has 2 nitrogen and oxygen atoms in total. The topological polar surface area (TPSA) is 33.4 Å². The lowest BCUT2D eigenvalue weighted by molar-refractivity contribution is 0.204. The quantitative estimate of drug-likeness (QED) is 0.713. The van der Waals surface area contributed by atoms with Crippen molar-refractivity contribution in [1.29, 1.82) is 0 Å². The first-order valence-corrected chi connectivity index (χ1v) is 3.98. The average molecular weight is 152 g/mol. The highest BCUT2D eigenvalue weighted by Gasteiger charge is 2.42. The molecule has 0 unspecified atom stereocenters. The average Bonchev–Trinajstić information content (AvgIpc) is 2.59. The SMILES string of the molecule is OCC1(Cc2ccco2)CC1. The van der Waals surface area contributed by atoms with Gasteiger partial charge in [0.25, 0.3) is 0 Å². The van der Waals surface area contributed by atoms with Crippen LogP contribution in [0.1, 0.15) is 18.6 Å². The van der Waals surface area contributed by atoms with Gasteiger partial charge >= 0.3 is 0 Å². The fraction of sp³-hybridized carbons (Fsp3) is 0.556. The first-order chi connectivity index (χ1) is 5.35. The molecule has 1 aromatic heterocycles. The molecule has 0 amide bonds. The van der Waals surface area contributed by atoms with E-state index in [1.54, 1.807) is 6.26 Å². The number of furan rings is 1. The maximum Gasteiger partial charge on any atom is 0.104 e. The summed E-state index contributed by atoms with van der Waals surface area (Å²) in [4.78, 5) is 0. The minimum atomic E-state index is 0.178. The van der Waals surface area contributed by atoms with E-state index in [9.17, 15) is 0 Å². The molecule has 1 fully saturated rings. The molecule has 1 saturated carbocycles. The smallest absolute Gasteiger partial charge is 0.104 e. The summed E-state index contributed by atoms with van der Waals surface area (Å²) in [5.74, 6) is 0.997. The zero-order valence-electron chi connectivity index (χ0n) is 6.42. The van der Waals surface area contributed by atoms with Crippen LogP contribution in [-0.2, 0) is 6.42 Å². The molecule has 0 aromatic carbocycles. The van der Waals surface area contributed by atoms with Crippen molar-refractivity contribution in [3.63, 3.8) is 0 Å². The van der Waals surface area contributed by atoms with Crippen LogP contribution in [0.2, 0.25) is 0 Å². The minimum absolute atomic E-state index is 0.178. The second kappa shape index (κ2) is 2.38.